The van der Waals surface area contributed by atoms with E-state index in [1.807, 2.05) is 13.0 Å². The van der Waals surface area contributed by atoms with Crippen molar-refractivity contribution in [3.05, 3.63) is 23.3 Å². The molecule has 0 aromatic carbocycles. The van der Waals surface area contributed by atoms with Crippen LogP contribution in [0.5, 0.6) is 0 Å². The summed E-state index contributed by atoms with van der Waals surface area (Å²) in [4.78, 5) is 8.96. The van der Waals surface area contributed by atoms with E-state index in [1.165, 1.54) is 0 Å². The van der Waals surface area contributed by atoms with Crippen LogP contribution in [-0.2, 0) is 6.42 Å². The van der Waals surface area contributed by atoms with Gasteiger partial charge in [0, 0.05) is 17.3 Å². The van der Waals surface area contributed by atoms with Crippen LogP contribution in [0, 0.1) is 12.8 Å². The van der Waals surface area contributed by atoms with Gasteiger partial charge in [-0.05, 0) is 31.7 Å². The average Bonchev–Trinajstić information content (AvgIpc) is 2.17. The monoisotopic (exact) mass is 222 g/mol. The molecule has 1 aromatic heterocycles. The molecule has 1 atom stereocenters. The molecule has 1 N–H and O–H groups in total. The standard InChI is InChI=1S/C13H22N2O/c1-5-11(8-16)13-14-10(4)7-12(15-13)6-9(2)3/h7,9,11,16H,5-6,8H2,1-4H3. The van der Waals surface area contributed by atoms with Gasteiger partial charge in [0.05, 0.1) is 6.61 Å². The van der Waals surface area contributed by atoms with Crippen molar-refractivity contribution in [1.82, 2.24) is 9.97 Å². The summed E-state index contributed by atoms with van der Waals surface area (Å²) in [6, 6.07) is 2.04. The maximum absolute atomic E-state index is 9.26. The predicted octanol–water partition coefficient (Wildman–Crippen LogP) is 2.47. The molecule has 0 aliphatic rings. The van der Waals surface area contributed by atoms with E-state index in [0.29, 0.717) is 5.92 Å². The SMILES string of the molecule is CCC(CO)c1nc(C)cc(CC(C)C)n1. The highest BCUT2D eigenvalue weighted by Crippen LogP contribution is 2.16. The molecule has 1 rings (SSSR count). The van der Waals surface area contributed by atoms with E-state index in [0.717, 1.165) is 30.1 Å². The van der Waals surface area contributed by atoms with Crippen LogP contribution in [0.25, 0.3) is 0 Å². The van der Waals surface area contributed by atoms with E-state index < -0.39 is 0 Å². The number of aryl methyl sites for hydroxylation is 1. The summed E-state index contributed by atoms with van der Waals surface area (Å²) in [7, 11) is 0. The van der Waals surface area contributed by atoms with Gasteiger partial charge in [-0.15, -0.1) is 0 Å². The van der Waals surface area contributed by atoms with Gasteiger partial charge in [0.15, 0.2) is 0 Å². The zero-order chi connectivity index (χ0) is 12.1. The molecule has 0 bridgehead atoms. The fourth-order valence-corrected chi connectivity index (χ4v) is 1.76. The fraction of sp³-hybridized carbons (Fsp3) is 0.692. The lowest BCUT2D eigenvalue weighted by Crippen LogP contribution is -2.11. The van der Waals surface area contributed by atoms with Crippen LogP contribution in [-0.4, -0.2) is 21.7 Å². The van der Waals surface area contributed by atoms with Gasteiger partial charge in [0.2, 0.25) is 0 Å². The van der Waals surface area contributed by atoms with E-state index >= 15 is 0 Å². The lowest BCUT2D eigenvalue weighted by Gasteiger charge is -2.13. The van der Waals surface area contributed by atoms with Crippen molar-refractivity contribution in [2.75, 3.05) is 6.61 Å². The number of aromatic nitrogens is 2. The number of hydrogen-bond donors (Lipinski definition) is 1. The van der Waals surface area contributed by atoms with E-state index in [4.69, 9.17) is 0 Å². The Kier molecular flexibility index (Phi) is 4.87. The molecule has 0 aliphatic carbocycles. The molecule has 1 aromatic rings. The Bertz CT molecular complexity index is 333. The summed E-state index contributed by atoms with van der Waals surface area (Å²) < 4.78 is 0. The normalized spacial score (nSPS) is 13.1. The van der Waals surface area contributed by atoms with E-state index in [9.17, 15) is 5.11 Å². The Hall–Kier alpha value is -0.960. The molecule has 0 spiro atoms. The van der Waals surface area contributed by atoms with Gasteiger partial charge in [0.1, 0.15) is 5.82 Å². The smallest absolute Gasteiger partial charge is 0.134 e. The minimum Gasteiger partial charge on any atom is -0.396 e. The third kappa shape index (κ3) is 3.56. The summed E-state index contributed by atoms with van der Waals surface area (Å²) in [6.07, 6.45) is 1.85. The maximum Gasteiger partial charge on any atom is 0.134 e. The third-order valence-corrected chi connectivity index (χ3v) is 2.62. The lowest BCUT2D eigenvalue weighted by molar-refractivity contribution is 0.257. The fourth-order valence-electron chi connectivity index (χ4n) is 1.76. The number of rotatable bonds is 5. The molecule has 0 saturated carbocycles. The number of nitrogens with zero attached hydrogens (tertiary/aromatic N) is 2. The van der Waals surface area contributed by atoms with Crippen molar-refractivity contribution in [1.29, 1.82) is 0 Å². The Morgan fingerprint density at radius 1 is 1.31 bits per heavy atom. The number of aliphatic hydroxyl groups excluding tert-OH is 1. The summed E-state index contributed by atoms with van der Waals surface area (Å²) >= 11 is 0. The van der Waals surface area contributed by atoms with Crippen LogP contribution in [0.2, 0.25) is 0 Å². The van der Waals surface area contributed by atoms with Crippen molar-refractivity contribution in [2.45, 2.75) is 46.5 Å². The van der Waals surface area contributed by atoms with Gasteiger partial charge in [-0.3, -0.25) is 0 Å². The highest BCUT2D eigenvalue weighted by Gasteiger charge is 2.13. The van der Waals surface area contributed by atoms with Crippen molar-refractivity contribution in [3.8, 4) is 0 Å². The molecular weight excluding hydrogens is 200 g/mol. The van der Waals surface area contributed by atoms with Crippen LogP contribution in [0.15, 0.2) is 6.07 Å². The molecule has 90 valence electrons. The van der Waals surface area contributed by atoms with Crippen LogP contribution in [0.3, 0.4) is 0 Å². The molecule has 0 radical (unpaired) electrons. The summed E-state index contributed by atoms with van der Waals surface area (Å²) in [5.74, 6) is 1.46. The highest BCUT2D eigenvalue weighted by molar-refractivity contribution is 5.12. The van der Waals surface area contributed by atoms with Crippen LogP contribution < -0.4 is 0 Å². The van der Waals surface area contributed by atoms with Crippen LogP contribution in [0.1, 0.15) is 50.3 Å². The molecule has 16 heavy (non-hydrogen) atoms. The molecular formula is C13H22N2O. The van der Waals surface area contributed by atoms with E-state index in [-0.39, 0.29) is 12.5 Å². The first-order chi connectivity index (χ1) is 7.56. The Balaban J connectivity index is 2.97. The first-order valence-corrected chi connectivity index (χ1v) is 6.02. The molecule has 0 fully saturated rings. The molecule has 0 saturated heterocycles. The zero-order valence-electron chi connectivity index (χ0n) is 10.7. The second kappa shape index (κ2) is 5.94. The average molecular weight is 222 g/mol. The van der Waals surface area contributed by atoms with Gasteiger partial charge in [-0.1, -0.05) is 20.8 Å². The maximum atomic E-state index is 9.26. The lowest BCUT2D eigenvalue weighted by atomic mass is 10.0. The largest absolute Gasteiger partial charge is 0.396 e. The second-order valence-corrected chi connectivity index (χ2v) is 4.74. The second-order valence-electron chi connectivity index (χ2n) is 4.74. The van der Waals surface area contributed by atoms with Crippen LogP contribution in [0.4, 0.5) is 0 Å². The first kappa shape index (κ1) is 13.1. The molecule has 0 aliphatic heterocycles. The molecule has 1 heterocycles. The zero-order valence-corrected chi connectivity index (χ0v) is 10.7. The Morgan fingerprint density at radius 3 is 2.50 bits per heavy atom. The molecule has 3 nitrogen and oxygen atoms in total. The molecule has 3 heteroatoms. The van der Waals surface area contributed by atoms with Crippen molar-refractivity contribution in [2.24, 2.45) is 5.92 Å². The van der Waals surface area contributed by atoms with Gasteiger partial charge in [0.25, 0.3) is 0 Å². The number of hydrogen-bond acceptors (Lipinski definition) is 3. The quantitative estimate of drug-likeness (QED) is 0.832. The Labute approximate surface area is 97.9 Å². The van der Waals surface area contributed by atoms with Crippen molar-refractivity contribution in [3.63, 3.8) is 0 Å². The van der Waals surface area contributed by atoms with Gasteiger partial charge < -0.3 is 5.11 Å². The molecule has 1 unspecified atom stereocenters. The third-order valence-electron chi connectivity index (χ3n) is 2.62. The summed E-state index contributed by atoms with van der Waals surface area (Å²) in [6.45, 7) is 8.52. The summed E-state index contributed by atoms with van der Waals surface area (Å²) in [5.41, 5.74) is 2.08. The van der Waals surface area contributed by atoms with E-state index in [1.54, 1.807) is 0 Å². The minimum atomic E-state index is 0.0748. The van der Waals surface area contributed by atoms with Gasteiger partial charge in [-0.2, -0.15) is 0 Å². The predicted molar refractivity (Wildman–Crippen MR) is 65.4 cm³/mol. The van der Waals surface area contributed by atoms with E-state index in [2.05, 4.69) is 30.7 Å². The van der Waals surface area contributed by atoms with Gasteiger partial charge in [-0.25, -0.2) is 9.97 Å². The highest BCUT2D eigenvalue weighted by atomic mass is 16.3. The number of aliphatic hydroxyl groups is 1. The summed E-state index contributed by atoms with van der Waals surface area (Å²) in [5, 5.41) is 9.26. The van der Waals surface area contributed by atoms with Crippen molar-refractivity contribution < 1.29 is 5.11 Å². The first-order valence-electron chi connectivity index (χ1n) is 6.02. The minimum absolute atomic E-state index is 0.0748. The Morgan fingerprint density at radius 2 is 2.00 bits per heavy atom. The van der Waals surface area contributed by atoms with Crippen molar-refractivity contribution >= 4 is 0 Å². The topological polar surface area (TPSA) is 46.0 Å². The van der Waals surface area contributed by atoms with Crippen LogP contribution >= 0.6 is 0 Å². The van der Waals surface area contributed by atoms with Gasteiger partial charge >= 0.3 is 0 Å². The molecule has 0 amide bonds.